The lowest BCUT2D eigenvalue weighted by molar-refractivity contribution is 0.104. The highest BCUT2D eigenvalue weighted by molar-refractivity contribution is 9.11. The Kier molecular flexibility index (Phi) is 5.96. The average Bonchev–Trinajstić information content (AvgIpc) is 2.63. The van der Waals surface area contributed by atoms with Crippen molar-refractivity contribution in [3.8, 4) is 0 Å². The van der Waals surface area contributed by atoms with Crippen LogP contribution in [0.4, 0.5) is 0 Å². The third-order valence-corrected chi connectivity index (χ3v) is 7.71. The second-order valence-corrected chi connectivity index (χ2v) is 10.3. The Morgan fingerprint density at radius 3 is 1.43 bits per heavy atom. The van der Waals surface area contributed by atoms with Crippen LogP contribution in [0.15, 0.2) is 66.4 Å². The molecule has 4 rings (SSSR count). The molecule has 0 aromatic heterocycles. The summed E-state index contributed by atoms with van der Waals surface area (Å²) in [5, 5.41) is 3.97. The second-order valence-electron chi connectivity index (χ2n) is 6.08. The molecule has 7 heteroatoms. The number of fused-ring (bicyclic) bond motifs is 2. The Morgan fingerprint density at radius 2 is 1.04 bits per heavy atom. The summed E-state index contributed by atoms with van der Waals surface area (Å²) < 4.78 is 3.21. The van der Waals surface area contributed by atoms with Gasteiger partial charge in [-0.2, -0.15) is 0 Å². The predicted molar refractivity (Wildman–Crippen MR) is 132 cm³/mol. The van der Waals surface area contributed by atoms with Crippen molar-refractivity contribution in [3.05, 3.63) is 87.6 Å². The van der Waals surface area contributed by atoms with Gasteiger partial charge in [-0.1, -0.05) is 111 Å². The molecule has 140 valence electrons. The molecule has 28 heavy (non-hydrogen) atoms. The Hall–Kier alpha value is -0.430. The molecule has 0 aliphatic carbocycles. The SMILES string of the molecule is O=C(c1c(Cl)cc(Br)c2cccc(Br)c12)c1c(Cl)cc(Br)c2cccc(Br)c12. The molecule has 0 aliphatic rings. The number of benzene rings is 4. The summed E-state index contributed by atoms with van der Waals surface area (Å²) in [4.78, 5) is 13.8. The molecule has 0 fully saturated rings. The number of hydrogen-bond acceptors (Lipinski definition) is 1. The Morgan fingerprint density at radius 1 is 0.643 bits per heavy atom. The number of carbonyl (C=O) groups excluding carboxylic acids is 1. The molecule has 1 nitrogen and oxygen atoms in total. The van der Waals surface area contributed by atoms with E-state index in [-0.39, 0.29) is 5.78 Å². The molecule has 0 heterocycles. The van der Waals surface area contributed by atoms with Crippen molar-refractivity contribution in [1.82, 2.24) is 0 Å². The zero-order valence-corrected chi connectivity index (χ0v) is 21.7. The van der Waals surface area contributed by atoms with E-state index in [1.54, 1.807) is 12.1 Å². The first-order valence-corrected chi connectivity index (χ1v) is 11.9. The fourth-order valence-corrected chi connectivity index (χ4v) is 6.37. The van der Waals surface area contributed by atoms with Crippen LogP contribution in [0.3, 0.4) is 0 Å². The zero-order valence-electron chi connectivity index (χ0n) is 13.8. The molecule has 0 radical (unpaired) electrons. The molecule has 4 aromatic rings. The van der Waals surface area contributed by atoms with Gasteiger partial charge in [0.2, 0.25) is 0 Å². The second kappa shape index (κ2) is 8.01. The lowest BCUT2D eigenvalue weighted by Gasteiger charge is -2.15. The first-order chi connectivity index (χ1) is 13.3. The van der Waals surface area contributed by atoms with Gasteiger partial charge in [0.1, 0.15) is 0 Å². The van der Waals surface area contributed by atoms with E-state index in [1.807, 2.05) is 36.4 Å². The van der Waals surface area contributed by atoms with Crippen LogP contribution < -0.4 is 0 Å². The maximum Gasteiger partial charge on any atom is 0.197 e. The molecule has 0 aliphatic heterocycles. The van der Waals surface area contributed by atoms with Gasteiger partial charge in [0, 0.05) is 28.7 Å². The van der Waals surface area contributed by atoms with Gasteiger partial charge in [0.05, 0.1) is 21.2 Å². The van der Waals surface area contributed by atoms with E-state index in [4.69, 9.17) is 23.2 Å². The monoisotopic (exact) mass is 662 g/mol. The number of ketones is 1. The van der Waals surface area contributed by atoms with Gasteiger partial charge in [-0.05, 0) is 35.0 Å². The molecule has 0 amide bonds. The van der Waals surface area contributed by atoms with E-state index in [0.29, 0.717) is 21.2 Å². The molecule has 0 saturated carbocycles. The number of hydrogen-bond donors (Lipinski definition) is 0. The molecule has 0 unspecified atom stereocenters. The smallest absolute Gasteiger partial charge is 0.197 e. The minimum Gasteiger partial charge on any atom is -0.288 e. The summed E-state index contributed by atoms with van der Waals surface area (Å²) in [6.45, 7) is 0. The van der Waals surface area contributed by atoms with Crippen LogP contribution in [-0.2, 0) is 0 Å². The van der Waals surface area contributed by atoms with Crippen LogP contribution in [0.2, 0.25) is 10.0 Å². The van der Waals surface area contributed by atoms with Crippen molar-refractivity contribution in [3.63, 3.8) is 0 Å². The largest absolute Gasteiger partial charge is 0.288 e. The minimum absolute atomic E-state index is 0.233. The maximum absolute atomic E-state index is 13.8. The van der Waals surface area contributed by atoms with E-state index < -0.39 is 0 Å². The van der Waals surface area contributed by atoms with E-state index in [9.17, 15) is 4.79 Å². The quantitative estimate of drug-likeness (QED) is 0.195. The van der Waals surface area contributed by atoms with Crippen molar-refractivity contribution < 1.29 is 4.79 Å². The van der Waals surface area contributed by atoms with Gasteiger partial charge in [-0.25, -0.2) is 0 Å². The van der Waals surface area contributed by atoms with Crippen molar-refractivity contribution in [2.75, 3.05) is 0 Å². The summed E-state index contributed by atoms with van der Waals surface area (Å²) in [7, 11) is 0. The first kappa shape index (κ1) is 20.8. The van der Waals surface area contributed by atoms with Crippen LogP contribution in [-0.4, -0.2) is 5.78 Å². The highest BCUT2D eigenvalue weighted by atomic mass is 79.9. The van der Waals surface area contributed by atoms with E-state index in [2.05, 4.69) is 63.7 Å². The summed E-state index contributed by atoms with van der Waals surface area (Å²) in [6.07, 6.45) is 0. The molecule has 0 atom stereocenters. The fraction of sp³-hybridized carbons (Fsp3) is 0. The first-order valence-electron chi connectivity index (χ1n) is 7.98. The maximum atomic E-state index is 13.8. The average molecular weight is 667 g/mol. The normalized spacial score (nSPS) is 11.4. The number of carbonyl (C=O) groups is 1. The van der Waals surface area contributed by atoms with Crippen molar-refractivity contribution in [1.29, 1.82) is 0 Å². The van der Waals surface area contributed by atoms with Crippen LogP contribution in [0.1, 0.15) is 15.9 Å². The molecule has 0 spiro atoms. The molecule has 0 saturated heterocycles. The fourth-order valence-electron chi connectivity index (χ4n) is 3.28. The van der Waals surface area contributed by atoms with Gasteiger partial charge >= 0.3 is 0 Å². The third-order valence-electron chi connectivity index (χ3n) is 4.48. The van der Waals surface area contributed by atoms with Crippen LogP contribution in [0.5, 0.6) is 0 Å². The van der Waals surface area contributed by atoms with E-state index in [0.717, 1.165) is 39.4 Å². The molecular weight excluding hydrogens is 659 g/mol. The van der Waals surface area contributed by atoms with Gasteiger partial charge < -0.3 is 0 Å². The topological polar surface area (TPSA) is 17.1 Å². The predicted octanol–water partition coefficient (Wildman–Crippen LogP) is 9.58. The highest BCUT2D eigenvalue weighted by Crippen LogP contribution is 2.42. The van der Waals surface area contributed by atoms with E-state index >= 15 is 0 Å². The molecule has 0 bridgehead atoms. The lowest BCUT2D eigenvalue weighted by atomic mass is 9.93. The van der Waals surface area contributed by atoms with Gasteiger partial charge in [0.15, 0.2) is 5.78 Å². The Bertz CT molecular complexity index is 1200. The Labute approximate surface area is 204 Å². The van der Waals surface area contributed by atoms with Crippen molar-refractivity contribution >= 4 is 114 Å². The van der Waals surface area contributed by atoms with Crippen molar-refractivity contribution in [2.45, 2.75) is 0 Å². The number of halogens is 6. The van der Waals surface area contributed by atoms with Crippen LogP contribution in [0.25, 0.3) is 21.5 Å². The number of rotatable bonds is 2. The lowest BCUT2D eigenvalue weighted by Crippen LogP contribution is -2.06. The van der Waals surface area contributed by atoms with Crippen molar-refractivity contribution in [2.24, 2.45) is 0 Å². The zero-order chi connectivity index (χ0) is 20.2. The highest BCUT2D eigenvalue weighted by Gasteiger charge is 2.25. The van der Waals surface area contributed by atoms with Crippen LogP contribution in [0, 0.1) is 0 Å². The summed E-state index contributed by atoms with van der Waals surface area (Å²) in [6, 6.07) is 15.0. The summed E-state index contributed by atoms with van der Waals surface area (Å²) in [5.41, 5.74) is 0.822. The van der Waals surface area contributed by atoms with E-state index in [1.165, 1.54) is 0 Å². The van der Waals surface area contributed by atoms with Gasteiger partial charge in [-0.3, -0.25) is 4.79 Å². The third kappa shape index (κ3) is 3.38. The minimum atomic E-state index is -0.233. The standard InChI is InChI=1S/C21H8Br4Cl2O/c22-11-5-1-3-9-13(24)7-15(26)19(17(9)11)21(28)20-16(27)8-14(25)10-4-2-6-12(23)18(10)20/h1-8H. The van der Waals surface area contributed by atoms with Crippen LogP contribution >= 0.6 is 86.9 Å². The summed E-state index contributed by atoms with van der Waals surface area (Å²) >= 11 is 27.3. The molecular formula is C21H8Br4Cl2O. The Balaban J connectivity index is 2.14. The molecule has 0 N–H and O–H groups in total. The van der Waals surface area contributed by atoms with Gasteiger partial charge in [0.25, 0.3) is 0 Å². The van der Waals surface area contributed by atoms with Gasteiger partial charge in [-0.15, -0.1) is 0 Å². The summed E-state index contributed by atoms with van der Waals surface area (Å²) in [5.74, 6) is -0.233. The molecule has 4 aromatic carbocycles.